The summed E-state index contributed by atoms with van der Waals surface area (Å²) in [4.78, 5) is 33.9. The number of ether oxygens (including phenoxy) is 4. The van der Waals surface area contributed by atoms with Crippen molar-refractivity contribution in [3.05, 3.63) is 76.4 Å². The number of aryl methyl sites for hydroxylation is 2. The first kappa shape index (κ1) is 30.5. The van der Waals surface area contributed by atoms with Crippen molar-refractivity contribution in [1.29, 1.82) is 0 Å². The van der Waals surface area contributed by atoms with Gasteiger partial charge in [0, 0.05) is 5.56 Å². The Bertz CT molecular complexity index is 1830. The zero-order valence-electron chi connectivity index (χ0n) is 26.0. The van der Waals surface area contributed by atoms with E-state index in [9.17, 15) is 14.7 Å². The number of thiazole rings is 1. The molecule has 1 saturated heterocycles. The van der Waals surface area contributed by atoms with Gasteiger partial charge >= 0.3 is 5.91 Å². The van der Waals surface area contributed by atoms with Crippen molar-refractivity contribution in [3.8, 4) is 23.0 Å². The van der Waals surface area contributed by atoms with Gasteiger partial charge in [-0.25, -0.2) is 4.98 Å². The van der Waals surface area contributed by atoms with E-state index in [2.05, 4.69) is 13.8 Å². The molecule has 0 bridgehead atoms. The van der Waals surface area contributed by atoms with Crippen LogP contribution in [0.2, 0.25) is 0 Å². The normalized spacial score (nSPS) is 17.4. The summed E-state index contributed by atoms with van der Waals surface area (Å²) in [7, 11) is 0. The largest absolute Gasteiger partial charge is 0.507 e. The number of nitrogens with zero attached hydrogens (tertiary/aromatic N) is 2. The summed E-state index contributed by atoms with van der Waals surface area (Å²) in [5.41, 5.74) is 3.65. The number of carbonyl (C=O) groups excluding carboxylic acids is 2. The number of aliphatic hydroxyl groups is 1. The molecule has 45 heavy (non-hydrogen) atoms. The van der Waals surface area contributed by atoms with E-state index < -0.39 is 17.7 Å². The number of aliphatic hydroxyl groups excluding tert-OH is 1. The minimum Gasteiger partial charge on any atom is -0.507 e. The lowest BCUT2D eigenvalue weighted by Gasteiger charge is -2.24. The molecule has 2 aliphatic heterocycles. The first-order chi connectivity index (χ1) is 21.7. The average molecular weight is 629 g/mol. The standard InChI is InChI=1S/C35H36N2O7S/c1-6-41-26-17-22(7-9-24(26)42-12-11-19(2)3)31-29(32(38)23-8-10-25-27(18-23)44-14-13-43-25)33(39)34(40)37(31)35-36-30-21(5)15-20(4)16-28(30)45-35/h7-10,15-19,31,38H,6,11-14H2,1-5H3/t31-/m1/s1. The molecule has 1 fully saturated rings. The van der Waals surface area contributed by atoms with Gasteiger partial charge in [0.1, 0.15) is 19.0 Å². The van der Waals surface area contributed by atoms with Gasteiger partial charge in [-0.05, 0) is 86.2 Å². The second kappa shape index (κ2) is 12.4. The van der Waals surface area contributed by atoms with Crippen molar-refractivity contribution in [3.63, 3.8) is 0 Å². The first-order valence-electron chi connectivity index (χ1n) is 15.1. The zero-order valence-corrected chi connectivity index (χ0v) is 26.8. The van der Waals surface area contributed by atoms with E-state index in [1.807, 2.05) is 32.9 Å². The van der Waals surface area contributed by atoms with Crippen molar-refractivity contribution in [1.82, 2.24) is 4.98 Å². The molecule has 3 aromatic carbocycles. The highest BCUT2D eigenvalue weighted by Gasteiger charge is 2.48. The van der Waals surface area contributed by atoms with E-state index in [4.69, 9.17) is 23.9 Å². The summed E-state index contributed by atoms with van der Waals surface area (Å²) in [5, 5.41) is 12.1. The van der Waals surface area contributed by atoms with E-state index in [0.717, 1.165) is 27.8 Å². The third kappa shape index (κ3) is 5.82. The highest BCUT2D eigenvalue weighted by molar-refractivity contribution is 7.22. The molecule has 9 nitrogen and oxygen atoms in total. The summed E-state index contributed by atoms with van der Waals surface area (Å²) in [6, 6.07) is 13.4. The topological polar surface area (TPSA) is 107 Å². The molecule has 0 spiro atoms. The lowest BCUT2D eigenvalue weighted by Crippen LogP contribution is -2.29. The van der Waals surface area contributed by atoms with Crippen LogP contribution in [0.3, 0.4) is 0 Å². The second-order valence-electron chi connectivity index (χ2n) is 11.6. The molecule has 1 N–H and O–H groups in total. The summed E-state index contributed by atoms with van der Waals surface area (Å²) >= 11 is 1.33. The molecule has 0 aliphatic carbocycles. The molecule has 0 saturated carbocycles. The third-order valence-electron chi connectivity index (χ3n) is 7.82. The zero-order chi connectivity index (χ0) is 31.8. The molecule has 1 amide bonds. The van der Waals surface area contributed by atoms with Crippen LogP contribution in [0.15, 0.2) is 54.1 Å². The van der Waals surface area contributed by atoms with Crippen molar-refractivity contribution in [2.45, 2.75) is 47.1 Å². The predicted octanol–water partition coefficient (Wildman–Crippen LogP) is 7.13. The van der Waals surface area contributed by atoms with Gasteiger partial charge in [-0.1, -0.05) is 37.3 Å². The fourth-order valence-corrected chi connectivity index (χ4v) is 6.81. The average Bonchev–Trinajstić information content (AvgIpc) is 3.55. The highest BCUT2D eigenvalue weighted by atomic mass is 32.1. The van der Waals surface area contributed by atoms with Crippen molar-refractivity contribution < 1.29 is 33.6 Å². The van der Waals surface area contributed by atoms with Crippen molar-refractivity contribution in [2.24, 2.45) is 5.92 Å². The van der Waals surface area contributed by atoms with Crippen LogP contribution in [0.5, 0.6) is 23.0 Å². The number of ketones is 1. The predicted molar refractivity (Wildman–Crippen MR) is 174 cm³/mol. The van der Waals surface area contributed by atoms with Crippen LogP contribution in [-0.4, -0.2) is 48.2 Å². The molecular weight excluding hydrogens is 592 g/mol. The molecule has 234 valence electrons. The van der Waals surface area contributed by atoms with E-state index in [0.29, 0.717) is 71.6 Å². The molecule has 1 atom stereocenters. The Kier molecular flexibility index (Phi) is 8.42. The lowest BCUT2D eigenvalue weighted by atomic mass is 9.95. The van der Waals surface area contributed by atoms with E-state index in [1.54, 1.807) is 36.4 Å². The fraction of sp³-hybridized carbons (Fsp3) is 0.343. The van der Waals surface area contributed by atoms with Gasteiger partial charge in [0.15, 0.2) is 28.1 Å². The van der Waals surface area contributed by atoms with Gasteiger partial charge in [-0.15, -0.1) is 0 Å². The Morgan fingerprint density at radius 3 is 2.56 bits per heavy atom. The molecule has 2 aliphatic rings. The molecule has 4 aromatic rings. The SMILES string of the molecule is CCOc1cc([C@@H]2C(=C(O)c3ccc4c(c3)OCCO4)C(=O)C(=O)N2c2nc3c(C)cc(C)cc3s2)ccc1OCCC(C)C. The number of rotatable bonds is 9. The van der Waals surface area contributed by atoms with Crippen LogP contribution in [0, 0.1) is 19.8 Å². The number of amides is 1. The summed E-state index contributed by atoms with van der Waals surface area (Å²) in [6.45, 7) is 11.8. The number of Topliss-reactive ketones (excluding diaryl/α,β-unsaturated/α-hetero) is 1. The number of hydrogen-bond donors (Lipinski definition) is 1. The first-order valence-corrected chi connectivity index (χ1v) is 16.0. The minimum absolute atomic E-state index is 0.0558. The van der Waals surface area contributed by atoms with Crippen molar-refractivity contribution in [2.75, 3.05) is 31.3 Å². The Labute approximate surface area is 266 Å². The monoisotopic (exact) mass is 628 g/mol. The molecule has 0 radical (unpaired) electrons. The number of benzene rings is 3. The number of hydrogen-bond acceptors (Lipinski definition) is 9. The van der Waals surface area contributed by atoms with Crippen LogP contribution in [0.4, 0.5) is 5.13 Å². The maximum atomic E-state index is 13.9. The number of anilines is 1. The lowest BCUT2D eigenvalue weighted by molar-refractivity contribution is -0.132. The molecule has 3 heterocycles. The van der Waals surface area contributed by atoms with Gasteiger partial charge in [0.05, 0.1) is 35.0 Å². The van der Waals surface area contributed by atoms with Crippen LogP contribution in [-0.2, 0) is 9.59 Å². The van der Waals surface area contributed by atoms with E-state index in [1.165, 1.54) is 16.2 Å². The van der Waals surface area contributed by atoms with Gasteiger partial charge < -0.3 is 24.1 Å². The number of aromatic nitrogens is 1. The van der Waals surface area contributed by atoms with Crippen LogP contribution < -0.4 is 23.8 Å². The quantitative estimate of drug-likeness (QED) is 0.118. The Morgan fingerprint density at radius 2 is 1.80 bits per heavy atom. The maximum Gasteiger partial charge on any atom is 0.301 e. The van der Waals surface area contributed by atoms with Crippen LogP contribution >= 0.6 is 11.3 Å². The highest BCUT2D eigenvalue weighted by Crippen LogP contribution is 2.47. The van der Waals surface area contributed by atoms with Gasteiger partial charge in [0.25, 0.3) is 5.78 Å². The Morgan fingerprint density at radius 1 is 1.02 bits per heavy atom. The van der Waals surface area contributed by atoms with Crippen molar-refractivity contribution >= 4 is 44.1 Å². The Hall–Kier alpha value is -4.57. The molecule has 6 rings (SSSR count). The minimum atomic E-state index is -0.982. The maximum absolute atomic E-state index is 13.9. The van der Waals surface area contributed by atoms with Crippen LogP contribution in [0.25, 0.3) is 16.0 Å². The van der Waals surface area contributed by atoms with Gasteiger partial charge in [-0.3, -0.25) is 14.5 Å². The fourth-order valence-electron chi connectivity index (χ4n) is 5.64. The molecule has 0 unspecified atom stereocenters. The molecule has 1 aromatic heterocycles. The number of carbonyl (C=O) groups is 2. The third-order valence-corrected chi connectivity index (χ3v) is 8.82. The number of fused-ring (bicyclic) bond motifs is 2. The summed E-state index contributed by atoms with van der Waals surface area (Å²) in [6.07, 6.45) is 0.875. The van der Waals surface area contributed by atoms with Gasteiger partial charge in [-0.2, -0.15) is 0 Å². The smallest absolute Gasteiger partial charge is 0.301 e. The second-order valence-corrected chi connectivity index (χ2v) is 12.6. The summed E-state index contributed by atoms with van der Waals surface area (Å²) < 4.78 is 24.3. The molecule has 10 heteroatoms. The Balaban J connectivity index is 1.51. The van der Waals surface area contributed by atoms with E-state index in [-0.39, 0.29) is 11.3 Å². The van der Waals surface area contributed by atoms with Crippen LogP contribution in [0.1, 0.15) is 55.5 Å². The molecular formula is C35H36N2O7S. The van der Waals surface area contributed by atoms with Gasteiger partial charge in [0.2, 0.25) is 0 Å². The summed E-state index contributed by atoms with van der Waals surface area (Å²) in [5.74, 6) is 0.620. The van der Waals surface area contributed by atoms with E-state index >= 15 is 0 Å².